The molecule has 130 valence electrons. The summed E-state index contributed by atoms with van der Waals surface area (Å²) in [5.74, 6) is -0.465. The van der Waals surface area contributed by atoms with Crippen LogP contribution in [0.4, 0.5) is 5.82 Å². The van der Waals surface area contributed by atoms with E-state index < -0.39 is 5.97 Å². The third-order valence-corrected chi connectivity index (χ3v) is 3.42. The van der Waals surface area contributed by atoms with E-state index in [2.05, 4.69) is 15.3 Å². The number of nitrogens with one attached hydrogen (secondary N) is 1. The van der Waals surface area contributed by atoms with Crippen molar-refractivity contribution in [2.24, 2.45) is 0 Å². The molecule has 7 nitrogen and oxygen atoms in total. The Labute approximate surface area is 146 Å². The maximum Gasteiger partial charge on any atom is 0.328 e. The first-order chi connectivity index (χ1) is 12.0. The molecule has 0 atom stereocenters. The average molecular weight is 340 g/mol. The summed E-state index contributed by atoms with van der Waals surface area (Å²) in [5.41, 5.74) is 1.54. The van der Waals surface area contributed by atoms with Crippen LogP contribution >= 0.6 is 0 Å². The molecule has 7 heteroatoms. The van der Waals surface area contributed by atoms with Crippen molar-refractivity contribution in [3.05, 3.63) is 60.1 Å². The minimum absolute atomic E-state index is 0.00546. The summed E-state index contributed by atoms with van der Waals surface area (Å²) in [7, 11) is 0. The molecule has 25 heavy (non-hydrogen) atoms. The van der Waals surface area contributed by atoms with Gasteiger partial charge in [-0.15, -0.1) is 0 Å². The van der Waals surface area contributed by atoms with Crippen LogP contribution in [-0.4, -0.2) is 44.9 Å². The fourth-order valence-electron chi connectivity index (χ4n) is 2.14. The Balaban J connectivity index is 1.85. The van der Waals surface area contributed by atoms with Crippen LogP contribution in [0.1, 0.15) is 18.2 Å². The lowest BCUT2D eigenvalue weighted by Gasteiger charge is -2.21. The third kappa shape index (κ3) is 6.42. The van der Waals surface area contributed by atoms with Gasteiger partial charge in [-0.25, -0.2) is 9.78 Å². The number of hydrogen-bond acceptors (Lipinski definition) is 5. The normalized spacial score (nSPS) is 10.6. The molecule has 0 aliphatic heterocycles. The molecule has 1 aromatic heterocycles. The number of rotatable bonds is 8. The van der Waals surface area contributed by atoms with Gasteiger partial charge in [0.1, 0.15) is 5.82 Å². The van der Waals surface area contributed by atoms with E-state index in [1.54, 1.807) is 11.8 Å². The van der Waals surface area contributed by atoms with Crippen molar-refractivity contribution in [1.29, 1.82) is 0 Å². The Morgan fingerprint density at radius 1 is 1.20 bits per heavy atom. The lowest BCUT2D eigenvalue weighted by atomic mass is 10.2. The zero-order valence-corrected chi connectivity index (χ0v) is 13.9. The van der Waals surface area contributed by atoms with Crippen LogP contribution in [0, 0.1) is 0 Å². The molecule has 0 fully saturated rings. The summed E-state index contributed by atoms with van der Waals surface area (Å²) in [6.45, 7) is 3.17. The quantitative estimate of drug-likeness (QED) is 0.714. The van der Waals surface area contributed by atoms with Crippen LogP contribution in [0.15, 0.2) is 48.8 Å². The highest BCUT2D eigenvalue weighted by molar-refractivity contribution is 5.84. The molecule has 1 aromatic carbocycles. The highest BCUT2D eigenvalue weighted by atomic mass is 16.4. The maximum absolute atomic E-state index is 11.8. The number of benzene rings is 1. The van der Waals surface area contributed by atoms with Gasteiger partial charge in [0.05, 0.1) is 18.1 Å². The zero-order valence-electron chi connectivity index (χ0n) is 13.9. The van der Waals surface area contributed by atoms with Crippen molar-refractivity contribution in [3.63, 3.8) is 0 Å². The molecule has 0 saturated carbocycles. The topological polar surface area (TPSA) is 95.4 Å². The van der Waals surface area contributed by atoms with Crippen molar-refractivity contribution < 1.29 is 14.7 Å². The molecule has 0 unspecified atom stereocenters. The minimum Gasteiger partial charge on any atom is -0.478 e. The first kappa shape index (κ1) is 18.1. The first-order valence-electron chi connectivity index (χ1n) is 7.81. The number of anilines is 1. The summed E-state index contributed by atoms with van der Waals surface area (Å²) in [6, 6.07) is 9.80. The molecule has 1 heterocycles. The van der Waals surface area contributed by atoms with Gasteiger partial charge in [-0.1, -0.05) is 30.3 Å². The number of carbonyl (C=O) groups excluding carboxylic acids is 1. The molecule has 2 N–H and O–H groups in total. The first-order valence-corrected chi connectivity index (χ1v) is 7.81. The van der Waals surface area contributed by atoms with Gasteiger partial charge in [0.15, 0.2) is 0 Å². The van der Waals surface area contributed by atoms with Crippen molar-refractivity contribution in [2.45, 2.75) is 13.5 Å². The molecule has 0 radical (unpaired) electrons. The summed E-state index contributed by atoms with van der Waals surface area (Å²) in [6.07, 6.45) is 5.38. The van der Waals surface area contributed by atoms with Gasteiger partial charge in [0, 0.05) is 32.6 Å². The van der Waals surface area contributed by atoms with E-state index in [-0.39, 0.29) is 5.91 Å². The number of nitrogens with zero attached hydrogens (tertiary/aromatic N) is 3. The number of carboxylic acids is 1. The zero-order chi connectivity index (χ0) is 18.1. The van der Waals surface area contributed by atoms with E-state index in [0.29, 0.717) is 31.1 Å². The van der Waals surface area contributed by atoms with Gasteiger partial charge >= 0.3 is 5.97 Å². The van der Waals surface area contributed by atoms with Gasteiger partial charge in [0.2, 0.25) is 5.91 Å². The molecule has 0 saturated heterocycles. The maximum atomic E-state index is 11.8. The molecule has 1 amide bonds. The van der Waals surface area contributed by atoms with Gasteiger partial charge < -0.3 is 15.3 Å². The molecule has 0 aliphatic rings. The SMILES string of the molecule is CC(=O)N(CCNc1cnc(/C=C/C(=O)O)cn1)Cc1ccccc1. The summed E-state index contributed by atoms with van der Waals surface area (Å²) >= 11 is 0. The fourth-order valence-corrected chi connectivity index (χ4v) is 2.14. The van der Waals surface area contributed by atoms with Crippen LogP contribution in [0.3, 0.4) is 0 Å². The highest BCUT2D eigenvalue weighted by Gasteiger charge is 2.09. The van der Waals surface area contributed by atoms with Crippen LogP contribution in [0.25, 0.3) is 6.08 Å². The molecule has 0 bridgehead atoms. The smallest absolute Gasteiger partial charge is 0.328 e. The van der Waals surface area contributed by atoms with Gasteiger partial charge in [-0.3, -0.25) is 9.78 Å². The Kier molecular flexibility index (Phi) is 6.65. The van der Waals surface area contributed by atoms with E-state index in [1.165, 1.54) is 18.5 Å². The van der Waals surface area contributed by atoms with E-state index in [4.69, 9.17) is 5.11 Å². The van der Waals surface area contributed by atoms with E-state index in [9.17, 15) is 9.59 Å². The number of aliphatic carboxylic acids is 1. The molecule has 0 aliphatic carbocycles. The van der Waals surface area contributed by atoms with Gasteiger partial charge in [-0.05, 0) is 11.6 Å². The van der Waals surface area contributed by atoms with Crippen LogP contribution in [-0.2, 0) is 16.1 Å². The number of amides is 1. The minimum atomic E-state index is -1.04. The third-order valence-electron chi connectivity index (χ3n) is 3.42. The Morgan fingerprint density at radius 3 is 2.56 bits per heavy atom. The van der Waals surface area contributed by atoms with E-state index in [1.807, 2.05) is 30.3 Å². The number of carboxylic acid groups (broad SMARTS) is 1. The lowest BCUT2D eigenvalue weighted by Crippen LogP contribution is -2.32. The highest BCUT2D eigenvalue weighted by Crippen LogP contribution is 2.06. The van der Waals surface area contributed by atoms with Crippen molar-refractivity contribution >= 4 is 23.8 Å². The molecule has 2 rings (SSSR count). The second-order valence-corrected chi connectivity index (χ2v) is 5.35. The Bertz CT molecular complexity index is 730. The summed E-state index contributed by atoms with van der Waals surface area (Å²) < 4.78 is 0. The second-order valence-electron chi connectivity index (χ2n) is 5.35. The Hall–Kier alpha value is -3.22. The molecular formula is C18H20N4O3. The predicted molar refractivity (Wildman–Crippen MR) is 94.7 cm³/mol. The van der Waals surface area contributed by atoms with Crippen molar-refractivity contribution in [3.8, 4) is 0 Å². The number of carbonyl (C=O) groups is 2. The summed E-state index contributed by atoms with van der Waals surface area (Å²) in [4.78, 5) is 32.2. The lowest BCUT2D eigenvalue weighted by molar-refractivity contribution is -0.131. The predicted octanol–water partition coefficient (Wildman–Crippen LogP) is 2.03. The summed E-state index contributed by atoms with van der Waals surface area (Å²) in [5, 5.41) is 11.7. The van der Waals surface area contributed by atoms with Crippen LogP contribution < -0.4 is 5.32 Å². The molecular weight excluding hydrogens is 320 g/mol. The van der Waals surface area contributed by atoms with Crippen molar-refractivity contribution in [1.82, 2.24) is 14.9 Å². The van der Waals surface area contributed by atoms with Gasteiger partial charge in [0.25, 0.3) is 0 Å². The van der Waals surface area contributed by atoms with Gasteiger partial charge in [-0.2, -0.15) is 0 Å². The molecule has 2 aromatic rings. The number of hydrogen-bond donors (Lipinski definition) is 2. The van der Waals surface area contributed by atoms with E-state index in [0.717, 1.165) is 11.6 Å². The van der Waals surface area contributed by atoms with Crippen LogP contribution in [0.5, 0.6) is 0 Å². The van der Waals surface area contributed by atoms with Crippen LogP contribution in [0.2, 0.25) is 0 Å². The Morgan fingerprint density at radius 2 is 1.96 bits per heavy atom. The van der Waals surface area contributed by atoms with E-state index >= 15 is 0 Å². The number of aromatic nitrogens is 2. The average Bonchev–Trinajstić information content (AvgIpc) is 2.61. The largest absolute Gasteiger partial charge is 0.478 e. The second kappa shape index (κ2) is 9.17. The standard InChI is InChI=1S/C18H20N4O3/c1-14(23)22(13-15-5-3-2-4-6-15)10-9-19-17-12-20-16(11-21-17)7-8-18(24)25/h2-8,11-12H,9-10,13H2,1H3,(H,19,21)(H,24,25)/b8-7+. The monoisotopic (exact) mass is 340 g/mol. The fraction of sp³-hybridized carbons (Fsp3) is 0.222. The molecule has 0 spiro atoms. The van der Waals surface area contributed by atoms with Crippen molar-refractivity contribution in [2.75, 3.05) is 18.4 Å².